The van der Waals surface area contributed by atoms with Gasteiger partial charge >= 0.3 is 0 Å². The first kappa shape index (κ1) is 23.9. The fraction of sp³-hybridized carbons (Fsp3) is 0.824. The van der Waals surface area contributed by atoms with Crippen LogP contribution in [-0.2, 0) is 4.79 Å². The summed E-state index contributed by atoms with van der Waals surface area (Å²) in [6.45, 7) is 11.1. The molecule has 3 heterocycles. The van der Waals surface area contributed by atoms with Crippen LogP contribution in [0.25, 0.3) is 0 Å². The Kier molecular flexibility index (Phi) is 8.91. The number of carboxylic acid groups (broad SMARTS) is 1. The molecule has 3 aliphatic rings. The molecule has 0 aromatic carbocycles. The van der Waals surface area contributed by atoms with Crippen LogP contribution in [-0.4, -0.2) is 61.5 Å². The zero-order valence-corrected chi connectivity index (χ0v) is 20.7. The molecule has 5 nitrogen and oxygen atoms in total. The maximum atomic E-state index is 8.36. The minimum atomic E-state index is -0.250. The van der Waals surface area contributed by atoms with Gasteiger partial charge in [0, 0.05) is 42.7 Å². The normalized spacial score (nSPS) is 31.0. The van der Waals surface area contributed by atoms with Crippen LogP contribution in [0.4, 0.5) is 0 Å². The number of thioether (sulfide) groups is 2. The van der Waals surface area contributed by atoms with Crippen LogP contribution in [0.2, 0.25) is 0 Å². The number of thiol groups is 1. The van der Waals surface area contributed by atoms with Gasteiger partial charge in [0.2, 0.25) is 0 Å². The molecule has 0 amide bonds. The van der Waals surface area contributed by atoms with Crippen molar-refractivity contribution >= 4 is 71.4 Å². The van der Waals surface area contributed by atoms with Crippen LogP contribution in [0, 0.1) is 5.41 Å². The van der Waals surface area contributed by atoms with Crippen molar-refractivity contribution in [2.75, 3.05) is 17.3 Å². The highest BCUT2D eigenvalue weighted by Crippen LogP contribution is 2.59. The Morgan fingerprint density at radius 1 is 1.48 bits per heavy atom. The van der Waals surface area contributed by atoms with Crippen LogP contribution in [0.5, 0.6) is 0 Å². The molecule has 1 saturated heterocycles. The molecule has 0 aromatic heterocycles. The summed E-state index contributed by atoms with van der Waals surface area (Å²) in [7, 11) is -0.243. The number of carbonyl (C=O) groups is 1. The predicted molar refractivity (Wildman–Crippen MR) is 132 cm³/mol. The van der Waals surface area contributed by atoms with Crippen molar-refractivity contribution in [3.05, 3.63) is 0 Å². The van der Waals surface area contributed by atoms with E-state index in [-0.39, 0.29) is 31.4 Å². The van der Waals surface area contributed by atoms with Crippen LogP contribution < -0.4 is 5.09 Å². The fourth-order valence-corrected chi connectivity index (χ4v) is 11.1. The van der Waals surface area contributed by atoms with Crippen LogP contribution in [0.1, 0.15) is 42.5 Å². The topological polar surface area (TPSA) is 74.0 Å². The number of hydrogen-bond acceptors (Lipinski definition) is 8. The number of hydrogen-bond donors (Lipinski definition) is 3. The highest BCUT2D eigenvalue weighted by atomic mass is 32.7. The van der Waals surface area contributed by atoms with E-state index < -0.39 is 0 Å². The van der Waals surface area contributed by atoms with Crippen molar-refractivity contribution in [1.82, 2.24) is 5.09 Å². The molecule has 1 fully saturated rings. The van der Waals surface area contributed by atoms with Gasteiger partial charge in [-0.25, -0.2) is 0 Å². The summed E-state index contributed by atoms with van der Waals surface area (Å²) in [6.07, 6.45) is 1.17. The van der Waals surface area contributed by atoms with Gasteiger partial charge in [-0.05, 0) is 27.2 Å². The minimum Gasteiger partial charge on any atom is -0.483 e. The molecule has 4 atom stereocenters. The van der Waals surface area contributed by atoms with E-state index in [1.54, 1.807) is 0 Å². The van der Waals surface area contributed by atoms with E-state index in [9.17, 15) is 0 Å². The second kappa shape index (κ2) is 10.1. The molecule has 2 N–H and O–H groups in total. The number of nitrogens with one attached hydrogen (secondary N) is 1. The van der Waals surface area contributed by atoms with E-state index in [1.807, 2.05) is 23.5 Å². The highest BCUT2D eigenvalue weighted by Gasteiger charge is 2.40. The summed E-state index contributed by atoms with van der Waals surface area (Å²) in [6, 6.07) is 0.584. The summed E-state index contributed by atoms with van der Waals surface area (Å²) in [5, 5.41) is 13.6. The Morgan fingerprint density at radius 2 is 2.15 bits per heavy atom. The molecule has 3 rings (SSSR count). The lowest BCUT2D eigenvalue weighted by molar-refractivity contribution is -0.122. The third kappa shape index (κ3) is 6.82. The molecule has 4 unspecified atom stereocenters. The molecule has 0 spiro atoms. The van der Waals surface area contributed by atoms with Crippen molar-refractivity contribution in [2.24, 2.45) is 15.4 Å². The fourth-order valence-electron chi connectivity index (χ4n) is 3.07. The molecule has 27 heavy (non-hydrogen) atoms. The van der Waals surface area contributed by atoms with E-state index in [4.69, 9.17) is 19.9 Å². The Bertz CT molecular complexity index is 605. The van der Waals surface area contributed by atoms with Gasteiger partial charge in [-0.3, -0.25) is 19.9 Å². The molecule has 10 heteroatoms. The van der Waals surface area contributed by atoms with Gasteiger partial charge in [0.25, 0.3) is 6.47 Å². The molecule has 156 valence electrons. The van der Waals surface area contributed by atoms with Crippen molar-refractivity contribution in [3.8, 4) is 0 Å². The molecule has 0 radical (unpaired) electrons. The maximum Gasteiger partial charge on any atom is 0.290 e. The van der Waals surface area contributed by atoms with E-state index >= 15 is 0 Å². The maximum absolute atomic E-state index is 8.36. The summed E-state index contributed by atoms with van der Waals surface area (Å²) in [5.74, 6) is 3.91. The summed E-state index contributed by atoms with van der Waals surface area (Å²) >= 11 is 10.5. The average Bonchev–Trinajstić information content (AvgIpc) is 3.26. The number of aliphatic imine (C=N–C) groups is 2. The molecule has 0 aromatic rings. The third-order valence-electron chi connectivity index (χ3n) is 4.31. The largest absolute Gasteiger partial charge is 0.483 e. The van der Waals surface area contributed by atoms with Gasteiger partial charge < -0.3 is 5.11 Å². The summed E-state index contributed by atoms with van der Waals surface area (Å²) in [5.41, 5.74) is 0.276. The Labute approximate surface area is 183 Å². The zero-order valence-electron chi connectivity index (χ0n) is 16.5. The molecule has 3 aliphatic heterocycles. The van der Waals surface area contributed by atoms with Crippen LogP contribution in [0.15, 0.2) is 9.98 Å². The summed E-state index contributed by atoms with van der Waals surface area (Å²) in [4.78, 5) is 18.3. The molecule has 0 aliphatic carbocycles. The predicted octanol–water partition coefficient (Wildman–Crippen LogP) is 5.08. The zero-order chi connectivity index (χ0) is 20.2. The smallest absolute Gasteiger partial charge is 0.290 e. The van der Waals surface area contributed by atoms with Gasteiger partial charge in [0.15, 0.2) is 0 Å². The van der Waals surface area contributed by atoms with Crippen molar-refractivity contribution in [1.29, 1.82) is 0 Å². The highest BCUT2D eigenvalue weighted by molar-refractivity contribution is 8.56. The van der Waals surface area contributed by atoms with E-state index in [2.05, 4.69) is 63.7 Å². The Balaban J connectivity index is 0.000000921. The monoisotopic (exact) mass is 469 g/mol. The second-order valence-corrected chi connectivity index (χ2v) is 14.9. The summed E-state index contributed by atoms with van der Waals surface area (Å²) < 4.78 is 0. The van der Waals surface area contributed by atoms with Crippen molar-refractivity contribution in [3.63, 3.8) is 0 Å². The van der Waals surface area contributed by atoms with Gasteiger partial charge in [-0.1, -0.05) is 13.8 Å². The molecular weight excluding hydrogens is 437 g/mol. The van der Waals surface area contributed by atoms with Gasteiger partial charge in [-0.15, -0.1) is 34.9 Å². The standard InChI is InChI=1S/C16H28N3PS4.CH2O2.H2/c1-10(21)13-17-12(8-22-13)20-19-11(7-24-20)6-15(2,3)14-18-16(4,5)9-23-14;2-1-3;/h10-12,19,21H,6-9H2,1-5H3;1H,(H,2,3);1H. The van der Waals surface area contributed by atoms with Crippen LogP contribution in [0.3, 0.4) is 0 Å². The average molecular weight is 470 g/mol. The first-order valence-electron chi connectivity index (χ1n) is 8.96. The molecule has 0 saturated carbocycles. The minimum absolute atomic E-state index is 0. The molecular formula is C17H32N3O2PS4. The van der Waals surface area contributed by atoms with E-state index in [1.165, 1.54) is 22.3 Å². The van der Waals surface area contributed by atoms with E-state index in [0.29, 0.717) is 11.8 Å². The SMILES string of the molecule is CC(S)C1=NC(P2NC(CC(C)(C)C3=NC(C)(C)CS3)CS2)CS1.O=CO.[HH]. The lowest BCUT2D eigenvalue weighted by Crippen LogP contribution is -2.33. The van der Waals surface area contributed by atoms with Crippen molar-refractivity contribution < 1.29 is 11.3 Å². The molecule has 0 bridgehead atoms. The number of nitrogens with zero attached hydrogens (tertiary/aromatic N) is 2. The first-order valence-corrected chi connectivity index (χ1v) is 14.4. The third-order valence-corrected chi connectivity index (χ3v) is 12.6. The lowest BCUT2D eigenvalue weighted by Gasteiger charge is -2.28. The first-order chi connectivity index (χ1) is 12.6. The van der Waals surface area contributed by atoms with Crippen LogP contribution >= 0.6 is 54.8 Å². The Hall–Kier alpha value is 0.600. The van der Waals surface area contributed by atoms with E-state index in [0.717, 1.165) is 11.5 Å². The van der Waals surface area contributed by atoms with Crippen molar-refractivity contribution in [2.45, 2.75) is 63.7 Å². The van der Waals surface area contributed by atoms with Gasteiger partial charge in [0.1, 0.15) is 5.78 Å². The lowest BCUT2D eigenvalue weighted by atomic mass is 9.87. The van der Waals surface area contributed by atoms with Gasteiger partial charge in [0.05, 0.1) is 15.6 Å². The quantitative estimate of drug-likeness (QED) is 0.296. The van der Waals surface area contributed by atoms with Gasteiger partial charge in [-0.2, -0.15) is 12.6 Å². The number of rotatable bonds is 5. The Morgan fingerprint density at radius 3 is 2.67 bits per heavy atom. The second-order valence-electron chi connectivity index (χ2n) is 8.09.